The van der Waals surface area contributed by atoms with Gasteiger partial charge in [-0.15, -0.1) is 5.10 Å². The molecule has 1 aliphatic rings. The fourth-order valence-corrected chi connectivity index (χ4v) is 2.49. The Morgan fingerprint density at radius 1 is 1.26 bits per heavy atom. The third kappa shape index (κ3) is 3.45. The molecule has 1 atom stereocenters. The van der Waals surface area contributed by atoms with Crippen LogP contribution in [0.15, 0.2) is 42.6 Å². The first-order chi connectivity index (χ1) is 11.1. The molecule has 0 aliphatic carbocycles. The second kappa shape index (κ2) is 6.43. The Hall–Kier alpha value is -2.96. The zero-order valence-corrected chi connectivity index (χ0v) is 12.5. The molecule has 2 heterocycles. The number of rotatable bonds is 4. The predicted molar refractivity (Wildman–Crippen MR) is 84.3 cm³/mol. The highest BCUT2D eigenvalue weighted by molar-refractivity contribution is 5.92. The normalized spacial score (nSPS) is 17.7. The maximum Gasteiger partial charge on any atom is 0.246 e. The number of amides is 2. The summed E-state index contributed by atoms with van der Waals surface area (Å²) in [5.41, 5.74) is 6.71. The molecule has 0 bridgehead atoms. The van der Waals surface area contributed by atoms with Gasteiger partial charge in [-0.25, -0.2) is 0 Å². The van der Waals surface area contributed by atoms with E-state index < -0.39 is 0 Å². The maximum absolute atomic E-state index is 12.1. The molecule has 2 amide bonds. The molecule has 0 spiro atoms. The van der Waals surface area contributed by atoms with Crippen molar-refractivity contribution in [2.45, 2.75) is 6.42 Å². The minimum absolute atomic E-state index is 0.150. The van der Waals surface area contributed by atoms with E-state index in [0.29, 0.717) is 25.2 Å². The number of aromatic nitrogens is 3. The van der Waals surface area contributed by atoms with Crippen molar-refractivity contribution in [3.05, 3.63) is 48.3 Å². The van der Waals surface area contributed by atoms with Gasteiger partial charge in [-0.05, 0) is 24.6 Å². The Labute approximate surface area is 133 Å². The van der Waals surface area contributed by atoms with E-state index in [1.165, 1.54) is 10.9 Å². The first-order valence-electron chi connectivity index (χ1n) is 7.37. The van der Waals surface area contributed by atoms with E-state index in [2.05, 4.69) is 10.2 Å². The van der Waals surface area contributed by atoms with E-state index >= 15 is 0 Å². The number of likely N-dealkylation sites (tertiary alicyclic amines) is 1. The molecule has 0 unspecified atom stereocenters. The smallest absolute Gasteiger partial charge is 0.246 e. The van der Waals surface area contributed by atoms with Crippen LogP contribution in [0.4, 0.5) is 0 Å². The summed E-state index contributed by atoms with van der Waals surface area (Å²) in [5.74, 6) is -0.746. The second-order valence-electron chi connectivity index (χ2n) is 5.40. The molecule has 1 aliphatic heterocycles. The van der Waals surface area contributed by atoms with Crippen LogP contribution in [0.25, 0.3) is 11.8 Å². The van der Waals surface area contributed by atoms with Crippen molar-refractivity contribution in [2.24, 2.45) is 11.7 Å². The molecule has 3 rings (SSSR count). The zero-order chi connectivity index (χ0) is 16.2. The Bertz CT molecular complexity index is 738. The Morgan fingerprint density at radius 3 is 2.74 bits per heavy atom. The number of para-hydroxylation sites is 1. The number of hydrogen-bond acceptors (Lipinski definition) is 4. The lowest BCUT2D eigenvalue weighted by Gasteiger charge is -2.12. The molecule has 1 aromatic heterocycles. The largest absolute Gasteiger partial charge is 0.369 e. The molecule has 118 valence electrons. The van der Waals surface area contributed by atoms with Gasteiger partial charge in [0.25, 0.3) is 0 Å². The van der Waals surface area contributed by atoms with Crippen LogP contribution in [0.2, 0.25) is 0 Å². The molecule has 7 heteroatoms. The molecule has 2 N–H and O–H groups in total. The van der Waals surface area contributed by atoms with Crippen molar-refractivity contribution >= 4 is 17.9 Å². The van der Waals surface area contributed by atoms with Crippen LogP contribution < -0.4 is 5.73 Å². The molecule has 2 aromatic rings. The third-order valence-corrected chi connectivity index (χ3v) is 3.80. The van der Waals surface area contributed by atoms with Gasteiger partial charge in [0.05, 0.1) is 17.8 Å². The topological polar surface area (TPSA) is 94.1 Å². The lowest BCUT2D eigenvalue weighted by molar-refractivity contribution is -0.125. The minimum atomic E-state index is -0.352. The molecule has 23 heavy (non-hydrogen) atoms. The average molecular weight is 311 g/mol. The number of benzene rings is 1. The quantitative estimate of drug-likeness (QED) is 0.837. The van der Waals surface area contributed by atoms with Crippen molar-refractivity contribution in [2.75, 3.05) is 13.1 Å². The maximum atomic E-state index is 12.1. The van der Waals surface area contributed by atoms with Gasteiger partial charge in [0, 0.05) is 19.2 Å². The van der Waals surface area contributed by atoms with Gasteiger partial charge in [0.2, 0.25) is 11.8 Å². The summed E-state index contributed by atoms with van der Waals surface area (Å²) in [6.07, 6.45) is 5.28. The van der Waals surface area contributed by atoms with Crippen molar-refractivity contribution in [1.29, 1.82) is 0 Å². The molecule has 0 radical (unpaired) electrons. The van der Waals surface area contributed by atoms with Crippen LogP contribution >= 0.6 is 0 Å². The summed E-state index contributed by atoms with van der Waals surface area (Å²) < 4.78 is 0. The summed E-state index contributed by atoms with van der Waals surface area (Å²) in [6, 6.07) is 9.52. The highest BCUT2D eigenvalue weighted by atomic mass is 16.2. The van der Waals surface area contributed by atoms with E-state index in [4.69, 9.17) is 5.73 Å². The molecule has 1 aromatic carbocycles. The SMILES string of the molecule is NC(=O)[C@H]1CCN(C(=O)/C=C\c2cnn(-c3ccccc3)n2)C1. The van der Waals surface area contributed by atoms with Crippen LogP contribution in [0.3, 0.4) is 0 Å². The zero-order valence-electron chi connectivity index (χ0n) is 12.5. The summed E-state index contributed by atoms with van der Waals surface area (Å²) in [4.78, 5) is 26.3. The monoisotopic (exact) mass is 311 g/mol. The first kappa shape index (κ1) is 15.0. The highest BCUT2D eigenvalue weighted by Crippen LogP contribution is 2.16. The fourth-order valence-electron chi connectivity index (χ4n) is 2.49. The number of nitrogens with two attached hydrogens (primary N) is 1. The van der Waals surface area contributed by atoms with Gasteiger partial charge < -0.3 is 10.6 Å². The standard InChI is InChI=1S/C16H17N5O2/c17-16(23)12-8-9-20(11-12)15(22)7-6-13-10-18-21(19-13)14-4-2-1-3-5-14/h1-7,10,12H,8-9,11H2,(H2,17,23)/b7-6-/t12-/m0/s1. The van der Waals surface area contributed by atoms with Gasteiger partial charge in [-0.1, -0.05) is 18.2 Å². The van der Waals surface area contributed by atoms with Gasteiger partial charge in [0.15, 0.2) is 0 Å². The molecule has 1 saturated heterocycles. The molecule has 0 saturated carbocycles. The summed E-state index contributed by atoms with van der Waals surface area (Å²) >= 11 is 0. The van der Waals surface area contributed by atoms with Crippen LogP contribution in [-0.2, 0) is 9.59 Å². The van der Waals surface area contributed by atoms with Crippen LogP contribution in [0, 0.1) is 5.92 Å². The number of nitrogens with zero attached hydrogens (tertiary/aromatic N) is 4. The van der Waals surface area contributed by atoms with Crippen molar-refractivity contribution in [3.8, 4) is 5.69 Å². The second-order valence-corrected chi connectivity index (χ2v) is 5.40. The highest BCUT2D eigenvalue weighted by Gasteiger charge is 2.28. The summed E-state index contributed by atoms with van der Waals surface area (Å²) in [5, 5.41) is 8.46. The van der Waals surface area contributed by atoms with Crippen LogP contribution in [0.5, 0.6) is 0 Å². The summed E-state index contributed by atoms with van der Waals surface area (Å²) in [6.45, 7) is 0.933. The number of carbonyl (C=O) groups excluding carboxylic acids is 2. The molecular formula is C16H17N5O2. The Balaban J connectivity index is 1.63. The van der Waals surface area contributed by atoms with Gasteiger partial charge in [-0.2, -0.15) is 9.90 Å². The predicted octanol–water partition coefficient (Wildman–Crippen LogP) is 0.614. The van der Waals surface area contributed by atoms with Crippen molar-refractivity contribution in [1.82, 2.24) is 19.9 Å². The lowest BCUT2D eigenvalue weighted by Crippen LogP contribution is -2.30. The van der Waals surface area contributed by atoms with Crippen molar-refractivity contribution < 1.29 is 9.59 Å². The Morgan fingerprint density at radius 2 is 2.04 bits per heavy atom. The molecule has 1 fully saturated rings. The van der Waals surface area contributed by atoms with Crippen molar-refractivity contribution in [3.63, 3.8) is 0 Å². The van der Waals surface area contributed by atoms with Gasteiger partial charge in [0.1, 0.15) is 5.69 Å². The first-order valence-corrected chi connectivity index (χ1v) is 7.37. The van der Waals surface area contributed by atoms with E-state index in [9.17, 15) is 9.59 Å². The average Bonchev–Trinajstić information content (AvgIpc) is 3.23. The molecular weight excluding hydrogens is 294 g/mol. The third-order valence-electron chi connectivity index (χ3n) is 3.80. The fraction of sp³-hybridized carbons (Fsp3) is 0.250. The number of hydrogen-bond donors (Lipinski definition) is 1. The lowest BCUT2D eigenvalue weighted by atomic mass is 10.1. The van der Waals surface area contributed by atoms with Crippen LogP contribution in [0.1, 0.15) is 12.1 Å². The van der Waals surface area contributed by atoms with E-state index in [-0.39, 0.29) is 17.7 Å². The van der Waals surface area contributed by atoms with E-state index in [1.807, 2.05) is 30.3 Å². The minimum Gasteiger partial charge on any atom is -0.369 e. The Kier molecular flexibility index (Phi) is 4.18. The van der Waals surface area contributed by atoms with Gasteiger partial charge >= 0.3 is 0 Å². The van der Waals surface area contributed by atoms with Gasteiger partial charge in [-0.3, -0.25) is 9.59 Å². The van der Waals surface area contributed by atoms with E-state index in [0.717, 1.165) is 5.69 Å². The number of primary amides is 1. The summed E-state index contributed by atoms with van der Waals surface area (Å²) in [7, 11) is 0. The van der Waals surface area contributed by atoms with Crippen LogP contribution in [-0.4, -0.2) is 44.8 Å². The van der Waals surface area contributed by atoms with E-state index in [1.54, 1.807) is 17.2 Å². The number of carbonyl (C=O) groups is 2. The molecule has 7 nitrogen and oxygen atoms in total.